The quantitative estimate of drug-likeness (QED) is 0.922. The SMILES string of the molecule is CC1(CN)CCN(Cc2ccc(C(F)F)cc2)C1.Cl. The number of nitrogens with zero attached hydrogens (tertiary/aromatic N) is 1. The van der Waals surface area contributed by atoms with E-state index in [1.54, 1.807) is 12.1 Å². The normalized spacial score (nSPS) is 23.6. The molecule has 1 unspecified atom stereocenters. The van der Waals surface area contributed by atoms with Crippen molar-refractivity contribution in [3.63, 3.8) is 0 Å². The number of alkyl halides is 2. The molecule has 2 rings (SSSR count). The van der Waals surface area contributed by atoms with Crippen molar-refractivity contribution in [1.29, 1.82) is 0 Å². The van der Waals surface area contributed by atoms with Crippen LogP contribution in [0.15, 0.2) is 24.3 Å². The molecule has 0 spiro atoms. The Balaban J connectivity index is 0.00000180. The van der Waals surface area contributed by atoms with Gasteiger partial charge in [0.2, 0.25) is 0 Å². The molecular weight excluding hydrogens is 270 g/mol. The molecule has 1 aromatic rings. The van der Waals surface area contributed by atoms with E-state index in [1.807, 2.05) is 0 Å². The van der Waals surface area contributed by atoms with E-state index in [-0.39, 0.29) is 23.4 Å². The molecule has 1 aliphatic rings. The molecule has 1 aliphatic heterocycles. The Morgan fingerprint density at radius 3 is 2.42 bits per heavy atom. The van der Waals surface area contributed by atoms with Crippen LogP contribution in [0.1, 0.15) is 30.9 Å². The summed E-state index contributed by atoms with van der Waals surface area (Å²) in [7, 11) is 0. The Hall–Kier alpha value is -0.710. The molecular formula is C14H21ClF2N2. The Morgan fingerprint density at radius 1 is 1.32 bits per heavy atom. The maximum Gasteiger partial charge on any atom is 0.263 e. The van der Waals surface area contributed by atoms with Gasteiger partial charge in [0.15, 0.2) is 0 Å². The van der Waals surface area contributed by atoms with Gasteiger partial charge in [0.05, 0.1) is 0 Å². The Kier molecular flexibility index (Phi) is 5.71. The molecule has 1 atom stereocenters. The molecule has 0 radical (unpaired) electrons. The monoisotopic (exact) mass is 290 g/mol. The van der Waals surface area contributed by atoms with Gasteiger partial charge in [-0.25, -0.2) is 8.78 Å². The minimum atomic E-state index is -2.38. The summed E-state index contributed by atoms with van der Waals surface area (Å²) in [4.78, 5) is 2.34. The van der Waals surface area contributed by atoms with E-state index in [0.717, 1.165) is 31.6 Å². The highest BCUT2D eigenvalue weighted by atomic mass is 35.5. The predicted octanol–water partition coefficient (Wildman–Crippen LogP) is 3.22. The van der Waals surface area contributed by atoms with Gasteiger partial charge in [-0.2, -0.15) is 0 Å². The lowest BCUT2D eigenvalue weighted by Gasteiger charge is -2.22. The number of benzene rings is 1. The molecule has 1 aromatic carbocycles. The van der Waals surface area contributed by atoms with Gasteiger partial charge >= 0.3 is 0 Å². The van der Waals surface area contributed by atoms with Crippen LogP contribution in [0.25, 0.3) is 0 Å². The first-order valence-electron chi connectivity index (χ1n) is 6.32. The van der Waals surface area contributed by atoms with Gasteiger partial charge in [-0.15, -0.1) is 12.4 Å². The van der Waals surface area contributed by atoms with Crippen LogP contribution in [0.5, 0.6) is 0 Å². The van der Waals surface area contributed by atoms with Crippen LogP contribution in [-0.4, -0.2) is 24.5 Å². The lowest BCUT2D eigenvalue weighted by atomic mass is 9.90. The number of nitrogens with two attached hydrogens (primary N) is 1. The fraction of sp³-hybridized carbons (Fsp3) is 0.571. The van der Waals surface area contributed by atoms with E-state index in [9.17, 15) is 8.78 Å². The highest BCUT2D eigenvalue weighted by molar-refractivity contribution is 5.85. The first-order valence-corrected chi connectivity index (χ1v) is 6.32. The Bertz CT molecular complexity index is 397. The first kappa shape index (κ1) is 16.3. The molecule has 0 amide bonds. The molecule has 19 heavy (non-hydrogen) atoms. The zero-order valence-corrected chi connectivity index (χ0v) is 11.9. The Morgan fingerprint density at radius 2 is 1.95 bits per heavy atom. The van der Waals surface area contributed by atoms with Gasteiger partial charge in [-0.3, -0.25) is 4.90 Å². The summed E-state index contributed by atoms with van der Waals surface area (Å²) in [6.45, 7) is 5.74. The van der Waals surface area contributed by atoms with Crippen LogP contribution in [0.2, 0.25) is 0 Å². The highest BCUT2D eigenvalue weighted by Crippen LogP contribution is 2.29. The fourth-order valence-corrected chi connectivity index (χ4v) is 2.45. The van der Waals surface area contributed by atoms with Crippen molar-refractivity contribution in [1.82, 2.24) is 4.90 Å². The first-order chi connectivity index (χ1) is 8.52. The zero-order chi connectivity index (χ0) is 13.2. The lowest BCUT2D eigenvalue weighted by Crippen LogP contribution is -2.31. The minimum absolute atomic E-state index is 0. The molecule has 1 fully saturated rings. The maximum absolute atomic E-state index is 12.4. The van der Waals surface area contributed by atoms with Crippen LogP contribution in [0.3, 0.4) is 0 Å². The number of rotatable bonds is 4. The summed E-state index contributed by atoms with van der Waals surface area (Å²) in [5, 5.41) is 0. The molecule has 108 valence electrons. The average Bonchev–Trinajstić information content (AvgIpc) is 2.72. The summed E-state index contributed by atoms with van der Waals surface area (Å²) in [5.41, 5.74) is 7.15. The second-order valence-electron chi connectivity index (χ2n) is 5.52. The van der Waals surface area contributed by atoms with Crippen molar-refractivity contribution in [3.05, 3.63) is 35.4 Å². The van der Waals surface area contributed by atoms with Crippen molar-refractivity contribution in [2.45, 2.75) is 26.3 Å². The molecule has 1 saturated heterocycles. The summed E-state index contributed by atoms with van der Waals surface area (Å²) in [5.74, 6) is 0. The fourth-order valence-electron chi connectivity index (χ4n) is 2.45. The maximum atomic E-state index is 12.4. The summed E-state index contributed by atoms with van der Waals surface area (Å²) >= 11 is 0. The summed E-state index contributed by atoms with van der Waals surface area (Å²) in [6, 6.07) is 6.61. The van der Waals surface area contributed by atoms with Crippen molar-refractivity contribution < 1.29 is 8.78 Å². The molecule has 0 bridgehead atoms. The van der Waals surface area contributed by atoms with E-state index in [4.69, 9.17) is 5.73 Å². The van der Waals surface area contributed by atoms with Gasteiger partial charge in [-0.1, -0.05) is 31.2 Å². The van der Waals surface area contributed by atoms with Gasteiger partial charge in [0.1, 0.15) is 0 Å². The number of halogens is 3. The van der Waals surface area contributed by atoms with Crippen molar-refractivity contribution in [3.8, 4) is 0 Å². The molecule has 0 saturated carbocycles. The average molecular weight is 291 g/mol. The van der Waals surface area contributed by atoms with Crippen LogP contribution >= 0.6 is 12.4 Å². The molecule has 2 N–H and O–H groups in total. The van der Waals surface area contributed by atoms with E-state index in [1.165, 1.54) is 12.1 Å². The van der Waals surface area contributed by atoms with Gasteiger partial charge < -0.3 is 5.73 Å². The lowest BCUT2D eigenvalue weighted by molar-refractivity contribution is 0.151. The van der Waals surface area contributed by atoms with Gasteiger partial charge in [-0.05, 0) is 30.5 Å². The van der Waals surface area contributed by atoms with Crippen LogP contribution < -0.4 is 5.73 Å². The van der Waals surface area contributed by atoms with E-state index in [2.05, 4.69) is 11.8 Å². The van der Waals surface area contributed by atoms with Gasteiger partial charge in [0.25, 0.3) is 6.43 Å². The molecule has 1 heterocycles. The van der Waals surface area contributed by atoms with Crippen LogP contribution in [-0.2, 0) is 6.54 Å². The highest BCUT2D eigenvalue weighted by Gasteiger charge is 2.32. The van der Waals surface area contributed by atoms with Gasteiger partial charge in [0, 0.05) is 18.7 Å². The third-order valence-electron chi connectivity index (χ3n) is 3.77. The molecule has 0 aromatic heterocycles. The minimum Gasteiger partial charge on any atom is -0.330 e. The molecule has 0 aliphatic carbocycles. The largest absolute Gasteiger partial charge is 0.330 e. The van der Waals surface area contributed by atoms with E-state index < -0.39 is 6.43 Å². The van der Waals surface area contributed by atoms with Crippen molar-refractivity contribution >= 4 is 12.4 Å². The second-order valence-corrected chi connectivity index (χ2v) is 5.52. The number of likely N-dealkylation sites (tertiary alicyclic amines) is 1. The van der Waals surface area contributed by atoms with E-state index in [0.29, 0.717) is 6.54 Å². The molecule has 2 nitrogen and oxygen atoms in total. The second kappa shape index (κ2) is 6.64. The standard InChI is InChI=1S/C14H20F2N2.ClH/c1-14(9-17)6-7-18(10-14)8-11-2-4-12(5-3-11)13(15)16;/h2-5,13H,6-10,17H2,1H3;1H. The zero-order valence-electron chi connectivity index (χ0n) is 11.1. The van der Waals surface area contributed by atoms with Crippen LogP contribution in [0, 0.1) is 5.41 Å². The number of hydrogen-bond donors (Lipinski definition) is 1. The topological polar surface area (TPSA) is 29.3 Å². The van der Waals surface area contributed by atoms with Crippen molar-refractivity contribution in [2.75, 3.05) is 19.6 Å². The van der Waals surface area contributed by atoms with Crippen molar-refractivity contribution in [2.24, 2.45) is 11.1 Å². The van der Waals surface area contributed by atoms with Crippen LogP contribution in [0.4, 0.5) is 8.78 Å². The van der Waals surface area contributed by atoms with E-state index >= 15 is 0 Å². The third kappa shape index (κ3) is 4.13. The number of hydrogen-bond acceptors (Lipinski definition) is 2. The predicted molar refractivity (Wildman–Crippen MR) is 75.7 cm³/mol. The Labute approximate surface area is 119 Å². The molecule has 5 heteroatoms. The summed E-state index contributed by atoms with van der Waals surface area (Å²) in [6.07, 6.45) is -1.27. The smallest absolute Gasteiger partial charge is 0.263 e. The summed E-state index contributed by atoms with van der Waals surface area (Å²) < 4.78 is 24.9. The third-order valence-corrected chi connectivity index (χ3v) is 3.77.